The first-order chi connectivity index (χ1) is 8.69. The lowest BCUT2D eigenvalue weighted by molar-refractivity contribution is -0.142. The van der Waals surface area contributed by atoms with Crippen LogP contribution >= 0.6 is 12.4 Å². The predicted molar refractivity (Wildman–Crippen MR) is 75.6 cm³/mol. The van der Waals surface area contributed by atoms with Crippen LogP contribution in [0.1, 0.15) is 18.4 Å². The zero-order valence-corrected chi connectivity index (χ0v) is 11.8. The predicted octanol–water partition coefficient (Wildman–Crippen LogP) is 1.94. The first kappa shape index (κ1) is 15.8. The van der Waals surface area contributed by atoms with E-state index < -0.39 is 6.04 Å². The van der Waals surface area contributed by atoms with Gasteiger partial charge in [-0.3, -0.25) is 4.79 Å². The minimum atomic E-state index is -0.603. The number of ether oxygens (including phenoxy) is 2. The van der Waals surface area contributed by atoms with Crippen LogP contribution in [0.2, 0.25) is 0 Å². The van der Waals surface area contributed by atoms with E-state index in [-0.39, 0.29) is 18.4 Å². The highest BCUT2D eigenvalue weighted by Crippen LogP contribution is 2.29. The third-order valence-corrected chi connectivity index (χ3v) is 3.07. The van der Waals surface area contributed by atoms with Gasteiger partial charge in [0, 0.05) is 0 Å². The van der Waals surface area contributed by atoms with E-state index >= 15 is 0 Å². The smallest absolute Gasteiger partial charge is 0.322 e. The molecule has 0 unspecified atom stereocenters. The van der Waals surface area contributed by atoms with Crippen molar-refractivity contribution in [1.29, 1.82) is 0 Å². The minimum Gasteiger partial charge on any atom is -0.493 e. The van der Waals surface area contributed by atoms with Gasteiger partial charge in [-0.15, -0.1) is 12.4 Å². The fourth-order valence-electron chi connectivity index (χ4n) is 1.71. The molecular weight excluding hydrogens is 266 g/mol. The van der Waals surface area contributed by atoms with Gasteiger partial charge in [0.05, 0.1) is 13.7 Å². The van der Waals surface area contributed by atoms with Crippen LogP contribution < -0.4 is 10.5 Å². The topological polar surface area (TPSA) is 61.5 Å². The number of hydrogen-bond acceptors (Lipinski definition) is 4. The normalized spacial score (nSPS) is 15.3. The second kappa shape index (κ2) is 7.36. The van der Waals surface area contributed by atoms with Gasteiger partial charge in [0.25, 0.3) is 0 Å². The van der Waals surface area contributed by atoms with Gasteiger partial charge in [0.15, 0.2) is 0 Å². The Bertz CT molecular complexity index is 404. The van der Waals surface area contributed by atoms with Gasteiger partial charge in [-0.05, 0) is 42.9 Å². The molecule has 0 aliphatic heterocycles. The summed E-state index contributed by atoms with van der Waals surface area (Å²) < 4.78 is 10.2. The molecule has 5 heteroatoms. The summed E-state index contributed by atoms with van der Waals surface area (Å²) in [5.74, 6) is 1.23. The number of carbonyl (C=O) groups excluding carboxylic acids is 1. The fraction of sp³-hybridized carbons (Fsp3) is 0.500. The highest BCUT2D eigenvalue weighted by Gasteiger charge is 2.21. The minimum absolute atomic E-state index is 0. The lowest BCUT2D eigenvalue weighted by Gasteiger charge is -2.10. The number of carbonyl (C=O) groups is 1. The van der Waals surface area contributed by atoms with E-state index in [1.54, 1.807) is 0 Å². The van der Waals surface area contributed by atoms with Crippen molar-refractivity contribution in [3.63, 3.8) is 0 Å². The maximum atomic E-state index is 11.2. The lowest BCUT2D eigenvalue weighted by atomic mass is 10.1. The maximum Gasteiger partial charge on any atom is 0.322 e. The first-order valence-electron chi connectivity index (χ1n) is 6.24. The van der Waals surface area contributed by atoms with Gasteiger partial charge in [-0.1, -0.05) is 12.1 Å². The summed E-state index contributed by atoms with van der Waals surface area (Å²) in [6.45, 7) is 0.807. The van der Waals surface area contributed by atoms with Gasteiger partial charge in [0.2, 0.25) is 0 Å². The SMILES string of the molecule is COC(=O)[C@@H](N)Cc1ccc(OCC2CC2)cc1.Cl. The third kappa shape index (κ3) is 5.09. The standard InChI is InChI=1S/C14H19NO3.ClH/c1-17-14(16)13(15)8-10-4-6-12(7-5-10)18-9-11-2-3-11;/h4-7,11,13H,2-3,8-9,15H2,1H3;1H/t13-;/m0./s1. The van der Waals surface area contributed by atoms with Gasteiger partial charge in [0.1, 0.15) is 11.8 Å². The highest BCUT2D eigenvalue weighted by atomic mass is 35.5. The monoisotopic (exact) mass is 285 g/mol. The van der Waals surface area contributed by atoms with E-state index in [4.69, 9.17) is 10.5 Å². The summed E-state index contributed by atoms with van der Waals surface area (Å²) in [7, 11) is 1.34. The Hall–Kier alpha value is -1.26. The van der Waals surface area contributed by atoms with Crippen LogP contribution in [-0.2, 0) is 16.0 Å². The number of benzene rings is 1. The number of methoxy groups -OCH3 is 1. The summed E-state index contributed by atoms with van der Waals surface area (Å²) in [4.78, 5) is 11.2. The molecule has 2 rings (SSSR count). The second-order valence-corrected chi connectivity index (χ2v) is 4.73. The zero-order valence-electron chi connectivity index (χ0n) is 11.0. The summed E-state index contributed by atoms with van der Waals surface area (Å²) in [6.07, 6.45) is 3.05. The van der Waals surface area contributed by atoms with Crippen LogP contribution in [0, 0.1) is 5.92 Å². The van der Waals surface area contributed by atoms with Crippen LogP contribution in [0.4, 0.5) is 0 Å². The molecule has 1 fully saturated rings. The maximum absolute atomic E-state index is 11.2. The van der Waals surface area contributed by atoms with Crippen molar-refractivity contribution in [2.45, 2.75) is 25.3 Å². The molecule has 0 bridgehead atoms. The summed E-state index contributed by atoms with van der Waals surface area (Å²) in [5, 5.41) is 0. The highest BCUT2D eigenvalue weighted by molar-refractivity contribution is 5.85. The van der Waals surface area contributed by atoms with Crippen LogP contribution in [-0.4, -0.2) is 25.7 Å². The van der Waals surface area contributed by atoms with Gasteiger partial charge < -0.3 is 15.2 Å². The summed E-state index contributed by atoms with van der Waals surface area (Å²) >= 11 is 0. The Kier molecular flexibility index (Phi) is 6.12. The van der Waals surface area contributed by atoms with Gasteiger partial charge in [-0.2, -0.15) is 0 Å². The molecule has 4 nitrogen and oxygen atoms in total. The molecule has 19 heavy (non-hydrogen) atoms. The molecule has 1 aliphatic carbocycles. The van der Waals surface area contributed by atoms with E-state index in [1.807, 2.05) is 24.3 Å². The average molecular weight is 286 g/mol. The molecular formula is C14H20ClNO3. The lowest BCUT2D eigenvalue weighted by Crippen LogP contribution is -2.33. The number of esters is 1. The molecule has 1 atom stereocenters. The molecule has 1 saturated carbocycles. The van der Waals surface area contributed by atoms with Crippen molar-refractivity contribution in [1.82, 2.24) is 0 Å². The van der Waals surface area contributed by atoms with Crippen molar-refractivity contribution >= 4 is 18.4 Å². The van der Waals surface area contributed by atoms with Crippen molar-refractivity contribution in [3.05, 3.63) is 29.8 Å². The first-order valence-corrected chi connectivity index (χ1v) is 6.24. The van der Waals surface area contributed by atoms with Crippen molar-refractivity contribution in [2.75, 3.05) is 13.7 Å². The van der Waals surface area contributed by atoms with Crippen LogP contribution in [0.3, 0.4) is 0 Å². The molecule has 0 saturated heterocycles. The van der Waals surface area contributed by atoms with Crippen molar-refractivity contribution < 1.29 is 14.3 Å². The van der Waals surface area contributed by atoms with Crippen LogP contribution in [0.15, 0.2) is 24.3 Å². The van der Waals surface area contributed by atoms with Crippen molar-refractivity contribution in [2.24, 2.45) is 11.7 Å². The van der Waals surface area contributed by atoms with E-state index in [1.165, 1.54) is 20.0 Å². The molecule has 2 N–H and O–H groups in total. The van der Waals surface area contributed by atoms with Crippen LogP contribution in [0.25, 0.3) is 0 Å². The number of nitrogens with two attached hydrogens (primary N) is 1. The third-order valence-electron chi connectivity index (χ3n) is 3.07. The molecule has 0 radical (unpaired) electrons. The summed E-state index contributed by atoms with van der Waals surface area (Å²) in [5.41, 5.74) is 6.70. The molecule has 0 amide bonds. The van der Waals surface area contributed by atoms with Gasteiger partial charge in [-0.25, -0.2) is 0 Å². The van der Waals surface area contributed by atoms with E-state index in [2.05, 4.69) is 4.74 Å². The van der Waals surface area contributed by atoms with E-state index in [0.717, 1.165) is 23.8 Å². The van der Waals surface area contributed by atoms with Crippen LogP contribution in [0.5, 0.6) is 5.75 Å². The largest absolute Gasteiger partial charge is 0.493 e. The summed E-state index contributed by atoms with van der Waals surface area (Å²) in [6, 6.07) is 7.10. The van der Waals surface area contributed by atoms with E-state index in [9.17, 15) is 4.79 Å². The number of rotatable bonds is 6. The number of halogens is 1. The molecule has 0 spiro atoms. The second-order valence-electron chi connectivity index (χ2n) is 4.73. The van der Waals surface area contributed by atoms with E-state index in [0.29, 0.717) is 6.42 Å². The Morgan fingerprint density at radius 3 is 2.53 bits per heavy atom. The average Bonchev–Trinajstić information content (AvgIpc) is 3.21. The Morgan fingerprint density at radius 2 is 2.00 bits per heavy atom. The van der Waals surface area contributed by atoms with Gasteiger partial charge >= 0.3 is 5.97 Å². The quantitative estimate of drug-likeness (QED) is 0.812. The molecule has 1 aromatic rings. The Balaban J connectivity index is 0.00000180. The zero-order chi connectivity index (χ0) is 13.0. The molecule has 106 valence electrons. The Morgan fingerprint density at radius 1 is 1.37 bits per heavy atom. The van der Waals surface area contributed by atoms with Crippen molar-refractivity contribution in [3.8, 4) is 5.75 Å². The molecule has 1 aliphatic rings. The number of hydrogen-bond donors (Lipinski definition) is 1. The fourth-order valence-corrected chi connectivity index (χ4v) is 1.71. The molecule has 1 aromatic carbocycles. The molecule has 0 aromatic heterocycles. The Labute approximate surface area is 119 Å². The molecule has 0 heterocycles.